The minimum atomic E-state index is 0.0146. The highest BCUT2D eigenvalue weighted by molar-refractivity contribution is 6.07. The van der Waals surface area contributed by atoms with Crippen molar-refractivity contribution in [1.29, 1.82) is 0 Å². The van der Waals surface area contributed by atoms with E-state index in [9.17, 15) is 4.79 Å². The summed E-state index contributed by atoms with van der Waals surface area (Å²) in [4.78, 5) is 22.5. The largest absolute Gasteiger partial charge is 0.368 e. The Labute approximate surface area is 153 Å². The minimum absolute atomic E-state index is 0.0146. The smallest absolute Gasteiger partial charge is 0.252 e. The first kappa shape index (κ1) is 16.0. The molecule has 2 bridgehead atoms. The summed E-state index contributed by atoms with van der Waals surface area (Å²) in [5.74, 6) is 0.808. The van der Waals surface area contributed by atoms with E-state index in [2.05, 4.69) is 20.4 Å². The summed E-state index contributed by atoms with van der Waals surface area (Å²) in [6.45, 7) is 6.69. The number of fused-ring (bicyclic) bond motifs is 4. The molecule has 0 radical (unpaired) electrons. The number of benzene rings is 1. The number of rotatable bonds is 5. The number of para-hydroxylation sites is 1. The number of piperazine rings is 3. The zero-order chi connectivity index (χ0) is 17.5. The number of anilines is 1. The summed E-state index contributed by atoms with van der Waals surface area (Å²) in [7, 11) is 0. The first-order valence-corrected chi connectivity index (χ1v) is 9.67. The number of nitrogens with one attached hydrogen (secondary N) is 2. The minimum Gasteiger partial charge on any atom is -0.368 e. The topological polar surface area (TPSA) is 60.5 Å². The Balaban J connectivity index is 1.37. The molecule has 2 aromatic rings. The van der Waals surface area contributed by atoms with Gasteiger partial charge in [0, 0.05) is 56.7 Å². The van der Waals surface area contributed by atoms with Crippen molar-refractivity contribution in [2.45, 2.75) is 24.9 Å². The molecule has 4 heterocycles. The third-order valence-electron chi connectivity index (χ3n) is 5.78. The van der Waals surface area contributed by atoms with Crippen LogP contribution in [0.3, 0.4) is 0 Å². The molecule has 3 saturated heterocycles. The average Bonchev–Trinajstić information content (AvgIpc) is 3.50. The van der Waals surface area contributed by atoms with Crippen LogP contribution in [0.15, 0.2) is 30.3 Å². The molecule has 6 rings (SSSR count). The van der Waals surface area contributed by atoms with E-state index in [4.69, 9.17) is 4.98 Å². The van der Waals surface area contributed by atoms with Gasteiger partial charge in [-0.25, -0.2) is 4.98 Å². The molecule has 1 amide bonds. The van der Waals surface area contributed by atoms with Gasteiger partial charge in [-0.1, -0.05) is 18.2 Å². The van der Waals surface area contributed by atoms with Gasteiger partial charge in [0.2, 0.25) is 0 Å². The van der Waals surface area contributed by atoms with Crippen molar-refractivity contribution in [3.05, 3.63) is 35.9 Å². The zero-order valence-electron chi connectivity index (χ0n) is 14.9. The highest BCUT2D eigenvalue weighted by Crippen LogP contribution is 2.24. The van der Waals surface area contributed by atoms with Gasteiger partial charge in [0.1, 0.15) is 5.82 Å². The third kappa shape index (κ3) is 3.15. The van der Waals surface area contributed by atoms with Gasteiger partial charge >= 0.3 is 0 Å². The second kappa shape index (κ2) is 6.52. The van der Waals surface area contributed by atoms with Gasteiger partial charge in [-0.05, 0) is 25.0 Å². The summed E-state index contributed by atoms with van der Waals surface area (Å²) >= 11 is 0. The van der Waals surface area contributed by atoms with Crippen LogP contribution in [0, 0.1) is 0 Å². The Morgan fingerprint density at radius 2 is 1.96 bits per heavy atom. The zero-order valence-corrected chi connectivity index (χ0v) is 14.9. The van der Waals surface area contributed by atoms with Gasteiger partial charge in [0.05, 0.1) is 11.1 Å². The van der Waals surface area contributed by atoms with E-state index < -0.39 is 0 Å². The van der Waals surface area contributed by atoms with E-state index in [0.29, 0.717) is 12.1 Å². The van der Waals surface area contributed by atoms with Crippen LogP contribution in [-0.2, 0) is 0 Å². The number of hydrogen-bond donors (Lipinski definition) is 2. The molecule has 1 aliphatic carbocycles. The molecule has 4 aliphatic rings. The van der Waals surface area contributed by atoms with Gasteiger partial charge in [0.15, 0.2) is 0 Å². The highest BCUT2D eigenvalue weighted by Gasteiger charge is 2.31. The predicted molar refractivity (Wildman–Crippen MR) is 103 cm³/mol. The Kier molecular flexibility index (Phi) is 4.02. The van der Waals surface area contributed by atoms with Gasteiger partial charge in [0.25, 0.3) is 5.91 Å². The second-order valence-corrected chi connectivity index (χ2v) is 7.69. The molecule has 0 spiro atoms. The van der Waals surface area contributed by atoms with Crippen LogP contribution in [0.5, 0.6) is 0 Å². The maximum atomic E-state index is 12.7. The molecule has 1 saturated carbocycles. The fraction of sp³-hybridized carbons (Fsp3) is 0.500. The van der Waals surface area contributed by atoms with Crippen LogP contribution < -0.4 is 10.6 Å². The number of nitrogens with zero attached hydrogens (tertiary/aromatic N) is 3. The molecule has 26 heavy (non-hydrogen) atoms. The third-order valence-corrected chi connectivity index (χ3v) is 5.78. The monoisotopic (exact) mass is 351 g/mol. The lowest BCUT2D eigenvalue weighted by atomic mass is 10.1. The van der Waals surface area contributed by atoms with Crippen molar-refractivity contribution in [3.63, 3.8) is 0 Å². The molecule has 1 atom stereocenters. The van der Waals surface area contributed by atoms with Crippen molar-refractivity contribution in [2.75, 3.05) is 44.6 Å². The van der Waals surface area contributed by atoms with Crippen molar-refractivity contribution < 1.29 is 4.79 Å². The molecular formula is C20H25N5O. The summed E-state index contributed by atoms with van der Waals surface area (Å²) in [5.41, 5.74) is 1.59. The number of carbonyl (C=O) groups is 1. The lowest BCUT2D eigenvalue weighted by Gasteiger charge is -2.47. The summed E-state index contributed by atoms with van der Waals surface area (Å²) in [6, 6.07) is 10.7. The fourth-order valence-electron chi connectivity index (χ4n) is 4.09. The van der Waals surface area contributed by atoms with Gasteiger partial charge in [-0.2, -0.15) is 0 Å². The molecule has 2 N–H and O–H groups in total. The van der Waals surface area contributed by atoms with E-state index in [1.54, 1.807) is 0 Å². The Morgan fingerprint density at radius 3 is 2.69 bits per heavy atom. The Hall–Kier alpha value is -2.18. The summed E-state index contributed by atoms with van der Waals surface area (Å²) < 4.78 is 0. The normalized spacial score (nSPS) is 27.5. The first-order chi connectivity index (χ1) is 12.8. The molecule has 3 aliphatic heterocycles. The van der Waals surface area contributed by atoms with Crippen LogP contribution in [-0.4, -0.2) is 72.0 Å². The van der Waals surface area contributed by atoms with Crippen LogP contribution in [0.1, 0.15) is 23.2 Å². The molecular weight excluding hydrogens is 326 g/mol. The number of hydrogen-bond acceptors (Lipinski definition) is 5. The summed E-state index contributed by atoms with van der Waals surface area (Å²) in [5, 5.41) is 7.52. The first-order valence-electron chi connectivity index (χ1n) is 9.67. The summed E-state index contributed by atoms with van der Waals surface area (Å²) in [6.07, 6.45) is 2.18. The van der Waals surface area contributed by atoms with Gasteiger partial charge in [-0.15, -0.1) is 0 Å². The molecule has 1 aromatic carbocycles. The van der Waals surface area contributed by atoms with Crippen molar-refractivity contribution in [3.8, 4) is 0 Å². The predicted octanol–water partition coefficient (Wildman–Crippen LogP) is 1.54. The quantitative estimate of drug-likeness (QED) is 0.856. The molecule has 6 nitrogen and oxygen atoms in total. The number of aromatic nitrogens is 1. The maximum Gasteiger partial charge on any atom is 0.252 e. The maximum absolute atomic E-state index is 12.7. The lowest BCUT2D eigenvalue weighted by molar-refractivity contribution is 0.0189. The van der Waals surface area contributed by atoms with Crippen LogP contribution in [0.25, 0.3) is 10.9 Å². The van der Waals surface area contributed by atoms with Crippen molar-refractivity contribution in [1.82, 2.24) is 20.1 Å². The van der Waals surface area contributed by atoms with E-state index in [1.807, 2.05) is 30.3 Å². The van der Waals surface area contributed by atoms with E-state index in [-0.39, 0.29) is 5.91 Å². The highest BCUT2D eigenvalue weighted by atomic mass is 16.1. The Bertz CT molecular complexity index is 826. The number of pyridine rings is 1. The average molecular weight is 351 g/mol. The van der Waals surface area contributed by atoms with Gasteiger partial charge in [-0.3, -0.25) is 14.6 Å². The standard InChI is InChI=1S/C20H25N5O/c26-20(22-14-5-6-14)17-11-19(23-18-4-2-1-3-16(17)18)21-12-15-13-24-7-9-25(15)10-8-24/h1-4,11,14-15H,5-10,12-13H2,(H,21,23)(H,22,26). The Morgan fingerprint density at radius 1 is 1.15 bits per heavy atom. The molecule has 1 unspecified atom stereocenters. The van der Waals surface area contributed by atoms with E-state index in [0.717, 1.165) is 61.3 Å². The lowest BCUT2D eigenvalue weighted by Crippen LogP contribution is -2.62. The molecule has 1 aromatic heterocycles. The molecule has 6 heteroatoms. The number of amides is 1. The van der Waals surface area contributed by atoms with Crippen molar-refractivity contribution >= 4 is 22.6 Å². The fourth-order valence-corrected chi connectivity index (χ4v) is 4.09. The number of carbonyl (C=O) groups excluding carboxylic acids is 1. The second-order valence-electron chi connectivity index (χ2n) is 7.69. The van der Waals surface area contributed by atoms with Crippen LogP contribution in [0.2, 0.25) is 0 Å². The van der Waals surface area contributed by atoms with Crippen LogP contribution in [0.4, 0.5) is 5.82 Å². The van der Waals surface area contributed by atoms with E-state index in [1.165, 1.54) is 13.1 Å². The molecule has 4 fully saturated rings. The van der Waals surface area contributed by atoms with Crippen molar-refractivity contribution in [2.24, 2.45) is 0 Å². The van der Waals surface area contributed by atoms with E-state index >= 15 is 0 Å². The van der Waals surface area contributed by atoms with Gasteiger partial charge < -0.3 is 10.6 Å². The molecule has 136 valence electrons. The van der Waals surface area contributed by atoms with Crippen LogP contribution >= 0.6 is 0 Å². The SMILES string of the molecule is O=C(NC1CC1)c1cc(NCC2CN3CCN2CC3)nc2ccccc12.